The summed E-state index contributed by atoms with van der Waals surface area (Å²) in [4.78, 5) is 22.3. The number of nitrogens with zero attached hydrogens (tertiary/aromatic N) is 2. The molecule has 0 bridgehead atoms. The highest BCUT2D eigenvalue weighted by Crippen LogP contribution is 2.25. The fraction of sp³-hybridized carbons (Fsp3) is 0.200. The van der Waals surface area contributed by atoms with Gasteiger partial charge in [-0.15, -0.1) is 0 Å². The zero-order valence-corrected chi connectivity index (χ0v) is 13.7. The molecule has 0 fully saturated rings. The van der Waals surface area contributed by atoms with Crippen molar-refractivity contribution in [2.75, 3.05) is 6.54 Å². The molecule has 2 aromatic carbocycles. The summed E-state index contributed by atoms with van der Waals surface area (Å²) < 4.78 is 5.65. The summed E-state index contributed by atoms with van der Waals surface area (Å²) in [6, 6.07) is 16.1. The molecule has 2 aromatic heterocycles. The number of hydrogen-bond acceptors (Lipinski definition) is 4. The summed E-state index contributed by atoms with van der Waals surface area (Å²) in [5.41, 5.74) is 4.19. The van der Waals surface area contributed by atoms with Crippen molar-refractivity contribution >= 4 is 22.1 Å². The van der Waals surface area contributed by atoms with E-state index in [2.05, 4.69) is 39.1 Å². The van der Waals surface area contributed by atoms with Crippen molar-refractivity contribution in [3.8, 4) is 0 Å². The normalized spacial score (nSPS) is 14.9. The number of aromatic amines is 1. The highest BCUT2D eigenvalue weighted by atomic mass is 16.3. The monoisotopic (exact) mass is 331 g/mol. The van der Waals surface area contributed by atoms with E-state index in [-0.39, 0.29) is 5.56 Å². The number of rotatable bonds is 2. The second-order valence-electron chi connectivity index (χ2n) is 6.52. The smallest absolute Gasteiger partial charge is 0.294 e. The summed E-state index contributed by atoms with van der Waals surface area (Å²) in [6.07, 6.45) is 1.03. The third-order valence-electron chi connectivity index (χ3n) is 4.86. The summed E-state index contributed by atoms with van der Waals surface area (Å²) >= 11 is 0. The highest BCUT2D eigenvalue weighted by molar-refractivity contribution is 6.01. The van der Waals surface area contributed by atoms with Crippen LogP contribution < -0.4 is 5.56 Å². The van der Waals surface area contributed by atoms with Gasteiger partial charge in [0.05, 0.1) is 6.54 Å². The molecule has 0 saturated carbocycles. The van der Waals surface area contributed by atoms with E-state index in [1.54, 1.807) is 0 Å². The maximum Gasteiger partial charge on any atom is 0.294 e. The van der Waals surface area contributed by atoms with Gasteiger partial charge in [-0.1, -0.05) is 36.4 Å². The van der Waals surface area contributed by atoms with E-state index in [4.69, 9.17) is 4.42 Å². The average molecular weight is 331 g/mol. The van der Waals surface area contributed by atoms with Gasteiger partial charge in [0.25, 0.3) is 5.56 Å². The van der Waals surface area contributed by atoms with Crippen molar-refractivity contribution in [1.82, 2.24) is 14.9 Å². The van der Waals surface area contributed by atoms with Crippen molar-refractivity contribution in [3.05, 3.63) is 75.8 Å². The number of furan rings is 1. The van der Waals surface area contributed by atoms with Gasteiger partial charge in [-0.25, -0.2) is 4.98 Å². The van der Waals surface area contributed by atoms with Gasteiger partial charge in [0, 0.05) is 18.5 Å². The largest absolute Gasteiger partial charge is 0.449 e. The Hall–Kier alpha value is -2.92. The van der Waals surface area contributed by atoms with Crippen LogP contribution in [0, 0.1) is 0 Å². The molecule has 1 N–H and O–H groups in total. The van der Waals surface area contributed by atoms with E-state index >= 15 is 0 Å². The number of nitrogens with one attached hydrogen (secondary N) is 1. The summed E-state index contributed by atoms with van der Waals surface area (Å²) in [5, 5.41) is 0.883. The number of fused-ring (bicyclic) bond motifs is 4. The van der Waals surface area contributed by atoms with Crippen LogP contribution in [0.5, 0.6) is 0 Å². The van der Waals surface area contributed by atoms with Gasteiger partial charge < -0.3 is 9.40 Å². The van der Waals surface area contributed by atoms with Crippen LogP contribution in [0.1, 0.15) is 17.0 Å². The Labute approximate surface area is 143 Å². The van der Waals surface area contributed by atoms with Crippen LogP contribution in [-0.4, -0.2) is 21.4 Å². The summed E-state index contributed by atoms with van der Waals surface area (Å²) in [7, 11) is 0. The van der Waals surface area contributed by atoms with E-state index in [0.29, 0.717) is 29.1 Å². The predicted molar refractivity (Wildman–Crippen MR) is 96.4 cm³/mol. The Bertz CT molecular complexity index is 1140. The zero-order valence-electron chi connectivity index (χ0n) is 13.7. The third kappa shape index (κ3) is 2.44. The molecule has 124 valence electrons. The van der Waals surface area contributed by atoms with E-state index in [1.165, 1.54) is 11.1 Å². The molecular formula is C20H17N3O2. The lowest BCUT2D eigenvalue weighted by molar-refractivity contribution is 0.239. The second kappa shape index (κ2) is 5.57. The molecule has 0 aliphatic carbocycles. The molecule has 3 heterocycles. The van der Waals surface area contributed by atoms with E-state index < -0.39 is 0 Å². The Kier molecular flexibility index (Phi) is 3.21. The maximum absolute atomic E-state index is 12.4. The standard InChI is InChI=1S/C20H17N3O2/c24-20-19-18(15-7-3-4-8-16(15)25-19)21-17(22-20)12-23-10-9-13-5-1-2-6-14(13)11-23/h1-8H,9-12H2,(H,21,22,24). The third-order valence-corrected chi connectivity index (χ3v) is 4.86. The van der Waals surface area contributed by atoms with Gasteiger partial charge >= 0.3 is 0 Å². The van der Waals surface area contributed by atoms with Gasteiger partial charge in [-0.2, -0.15) is 0 Å². The molecule has 1 aliphatic rings. The Morgan fingerprint density at radius 3 is 2.80 bits per heavy atom. The molecular weight excluding hydrogens is 314 g/mol. The first kappa shape index (κ1) is 14.4. The SMILES string of the molecule is O=c1[nH]c(CN2CCc3ccccc3C2)nc2c1oc1ccccc12. The molecule has 0 atom stereocenters. The lowest BCUT2D eigenvalue weighted by Crippen LogP contribution is -2.31. The fourth-order valence-electron chi connectivity index (χ4n) is 3.62. The molecule has 5 heteroatoms. The molecule has 0 amide bonds. The predicted octanol–water partition coefficient (Wildman–Crippen LogP) is 3.23. The number of para-hydroxylation sites is 1. The molecule has 5 nitrogen and oxygen atoms in total. The number of H-pyrrole nitrogens is 1. The number of hydrogen-bond donors (Lipinski definition) is 1. The maximum atomic E-state index is 12.4. The van der Waals surface area contributed by atoms with Crippen LogP contribution in [0.3, 0.4) is 0 Å². The van der Waals surface area contributed by atoms with Crippen molar-refractivity contribution < 1.29 is 4.42 Å². The first-order chi connectivity index (χ1) is 12.3. The lowest BCUT2D eigenvalue weighted by Gasteiger charge is -2.28. The highest BCUT2D eigenvalue weighted by Gasteiger charge is 2.18. The van der Waals surface area contributed by atoms with Gasteiger partial charge in [0.1, 0.15) is 16.9 Å². The van der Waals surface area contributed by atoms with E-state index in [0.717, 1.165) is 24.9 Å². The molecule has 4 aromatic rings. The lowest BCUT2D eigenvalue weighted by atomic mass is 10.00. The van der Waals surface area contributed by atoms with Crippen LogP contribution in [-0.2, 0) is 19.5 Å². The Morgan fingerprint density at radius 2 is 1.88 bits per heavy atom. The van der Waals surface area contributed by atoms with Crippen molar-refractivity contribution in [3.63, 3.8) is 0 Å². The van der Waals surface area contributed by atoms with Crippen molar-refractivity contribution in [1.29, 1.82) is 0 Å². The van der Waals surface area contributed by atoms with Gasteiger partial charge in [0.2, 0.25) is 5.58 Å². The molecule has 0 spiro atoms. The molecule has 5 rings (SSSR count). The van der Waals surface area contributed by atoms with Crippen LogP contribution in [0.2, 0.25) is 0 Å². The van der Waals surface area contributed by atoms with Crippen molar-refractivity contribution in [2.45, 2.75) is 19.5 Å². The zero-order chi connectivity index (χ0) is 16.8. The van der Waals surface area contributed by atoms with E-state index in [1.807, 2.05) is 24.3 Å². The topological polar surface area (TPSA) is 62.1 Å². The average Bonchev–Trinajstić information content (AvgIpc) is 3.01. The minimum atomic E-state index is -0.214. The second-order valence-corrected chi connectivity index (χ2v) is 6.52. The molecule has 0 unspecified atom stereocenters. The minimum Gasteiger partial charge on any atom is -0.449 e. The molecule has 1 aliphatic heterocycles. The molecule has 0 saturated heterocycles. The first-order valence-electron chi connectivity index (χ1n) is 8.47. The number of aromatic nitrogens is 2. The molecule has 25 heavy (non-hydrogen) atoms. The molecule has 0 radical (unpaired) electrons. The van der Waals surface area contributed by atoms with Gasteiger partial charge in [-0.05, 0) is 29.7 Å². The Morgan fingerprint density at radius 1 is 1.08 bits per heavy atom. The van der Waals surface area contributed by atoms with Crippen LogP contribution >= 0.6 is 0 Å². The van der Waals surface area contributed by atoms with Gasteiger partial charge in [0.15, 0.2) is 0 Å². The first-order valence-corrected chi connectivity index (χ1v) is 8.47. The quantitative estimate of drug-likeness (QED) is 0.612. The van der Waals surface area contributed by atoms with Crippen molar-refractivity contribution in [2.24, 2.45) is 0 Å². The Balaban J connectivity index is 1.51. The fourth-order valence-corrected chi connectivity index (χ4v) is 3.62. The van der Waals surface area contributed by atoms with Gasteiger partial charge in [-0.3, -0.25) is 9.69 Å². The van der Waals surface area contributed by atoms with E-state index in [9.17, 15) is 4.79 Å². The van der Waals surface area contributed by atoms with Crippen LogP contribution in [0.25, 0.3) is 22.1 Å². The van der Waals surface area contributed by atoms with Crippen LogP contribution in [0.15, 0.2) is 57.7 Å². The minimum absolute atomic E-state index is 0.214. The summed E-state index contributed by atoms with van der Waals surface area (Å²) in [5.74, 6) is 0.684. The number of benzene rings is 2. The summed E-state index contributed by atoms with van der Waals surface area (Å²) in [6.45, 7) is 2.47. The van der Waals surface area contributed by atoms with Crippen LogP contribution in [0.4, 0.5) is 0 Å².